The molecule has 0 aliphatic carbocycles. The number of nitrogens with one attached hydrogen (secondary N) is 2. The van der Waals surface area contributed by atoms with Crippen molar-refractivity contribution in [2.24, 2.45) is 0 Å². The number of benzene rings is 1. The first-order valence-corrected chi connectivity index (χ1v) is 8.74. The lowest BCUT2D eigenvalue weighted by Gasteiger charge is -2.09. The van der Waals surface area contributed by atoms with Crippen molar-refractivity contribution in [2.75, 3.05) is 11.1 Å². The maximum atomic E-state index is 5.87. The van der Waals surface area contributed by atoms with Gasteiger partial charge in [0.1, 0.15) is 5.82 Å². The fourth-order valence-electron chi connectivity index (χ4n) is 2.63. The first-order chi connectivity index (χ1) is 12.3. The summed E-state index contributed by atoms with van der Waals surface area (Å²) in [6.07, 6.45) is 3.46. The molecule has 0 saturated carbocycles. The van der Waals surface area contributed by atoms with Gasteiger partial charge in [0.15, 0.2) is 0 Å². The van der Waals surface area contributed by atoms with Gasteiger partial charge in [-0.3, -0.25) is 5.10 Å². The van der Waals surface area contributed by atoms with Crippen molar-refractivity contribution in [3.63, 3.8) is 0 Å². The first kappa shape index (κ1) is 15.4. The average Bonchev–Trinajstić information content (AvgIpc) is 3.33. The lowest BCUT2D eigenvalue weighted by atomic mass is 10.1. The van der Waals surface area contributed by atoms with Gasteiger partial charge in [0, 0.05) is 23.8 Å². The number of pyridine rings is 1. The maximum absolute atomic E-state index is 5.87. The Balaban J connectivity index is 1.53. The van der Waals surface area contributed by atoms with Crippen LogP contribution in [0.5, 0.6) is 0 Å². The Morgan fingerprint density at radius 2 is 1.92 bits per heavy atom. The third-order valence-corrected chi connectivity index (χ3v) is 5.07. The third kappa shape index (κ3) is 3.39. The summed E-state index contributed by atoms with van der Waals surface area (Å²) in [5, 5.41) is 10.4. The summed E-state index contributed by atoms with van der Waals surface area (Å²) in [7, 11) is 0. The van der Waals surface area contributed by atoms with Crippen LogP contribution in [0.2, 0.25) is 0 Å². The minimum atomic E-state index is 0.515. The van der Waals surface area contributed by atoms with E-state index in [1.54, 1.807) is 23.7 Å². The predicted octanol–water partition coefficient (Wildman–Crippen LogP) is 4.39. The maximum Gasteiger partial charge on any atom is 0.146 e. The van der Waals surface area contributed by atoms with Crippen LogP contribution in [0.15, 0.2) is 67.0 Å². The molecule has 0 aliphatic heterocycles. The monoisotopic (exact) mass is 347 g/mol. The zero-order valence-corrected chi connectivity index (χ0v) is 14.3. The Hall–Kier alpha value is -3.12. The molecule has 5 nitrogen and oxygen atoms in total. The zero-order chi connectivity index (χ0) is 17.1. The van der Waals surface area contributed by atoms with Gasteiger partial charge in [-0.05, 0) is 47.5 Å². The summed E-state index contributed by atoms with van der Waals surface area (Å²) in [5.74, 6) is 0.515. The van der Waals surface area contributed by atoms with E-state index >= 15 is 0 Å². The van der Waals surface area contributed by atoms with Gasteiger partial charge >= 0.3 is 0 Å². The Bertz CT molecular complexity index is 975. The van der Waals surface area contributed by atoms with Gasteiger partial charge in [0.05, 0.1) is 16.3 Å². The largest absolute Gasteiger partial charge is 0.382 e. The van der Waals surface area contributed by atoms with E-state index in [0.717, 1.165) is 11.4 Å². The Labute approximate surface area is 149 Å². The van der Waals surface area contributed by atoms with Crippen LogP contribution in [0, 0.1) is 0 Å². The van der Waals surface area contributed by atoms with Crippen LogP contribution in [-0.4, -0.2) is 15.2 Å². The normalized spacial score (nSPS) is 10.7. The molecule has 3 heterocycles. The molecule has 4 rings (SSSR count). The number of thiophene rings is 1. The molecular weight excluding hydrogens is 330 g/mol. The van der Waals surface area contributed by atoms with Gasteiger partial charge in [-0.15, -0.1) is 11.3 Å². The third-order valence-electron chi connectivity index (χ3n) is 3.91. The van der Waals surface area contributed by atoms with Crippen LogP contribution < -0.4 is 11.1 Å². The van der Waals surface area contributed by atoms with E-state index in [4.69, 9.17) is 5.73 Å². The number of aromatic amines is 1. The van der Waals surface area contributed by atoms with Crippen LogP contribution in [-0.2, 0) is 6.54 Å². The highest BCUT2D eigenvalue weighted by Crippen LogP contribution is 2.33. The number of anilines is 2. The summed E-state index contributed by atoms with van der Waals surface area (Å²) < 4.78 is 0. The lowest BCUT2D eigenvalue weighted by Crippen LogP contribution is -2.03. The second-order valence-electron chi connectivity index (χ2n) is 5.62. The number of aromatic nitrogens is 3. The first-order valence-electron chi connectivity index (χ1n) is 7.93. The van der Waals surface area contributed by atoms with E-state index in [1.807, 2.05) is 18.2 Å². The molecule has 0 radical (unpaired) electrons. The number of hydrogen-bond acceptors (Lipinski definition) is 5. The molecule has 4 aromatic rings. The fraction of sp³-hybridized carbons (Fsp3) is 0.0526. The Morgan fingerprint density at radius 3 is 2.76 bits per heavy atom. The topological polar surface area (TPSA) is 79.6 Å². The summed E-state index contributed by atoms with van der Waals surface area (Å²) >= 11 is 1.75. The number of hydrogen-bond donors (Lipinski definition) is 3. The quantitative estimate of drug-likeness (QED) is 0.500. The second kappa shape index (κ2) is 6.78. The summed E-state index contributed by atoms with van der Waals surface area (Å²) in [5.41, 5.74) is 10.2. The van der Waals surface area contributed by atoms with E-state index in [1.165, 1.54) is 20.9 Å². The van der Waals surface area contributed by atoms with Crippen LogP contribution >= 0.6 is 11.3 Å². The predicted molar refractivity (Wildman–Crippen MR) is 103 cm³/mol. The van der Waals surface area contributed by atoms with Gasteiger partial charge in [0.25, 0.3) is 0 Å². The second-order valence-corrected chi connectivity index (χ2v) is 6.71. The van der Waals surface area contributed by atoms with Crippen LogP contribution in [0.4, 0.5) is 11.5 Å². The number of H-pyrrole nitrogens is 1. The molecule has 0 aliphatic rings. The summed E-state index contributed by atoms with van der Waals surface area (Å²) in [6, 6.07) is 18.6. The molecular formula is C19H17N5S. The van der Waals surface area contributed by atoms with Crippen molar-refractivity contribution in [1.82, 2.24) is 15.2 Å². The van der Waals surface area contributed by atoms with Crippen LogP contribution in [0.25, 0.3) is 21.0 Å². The van der Waals surface area contributed by atoms with E-state index in [0.29, 0.717) is 12.4 Å². The molecule has 0 unspecified atom stereocenters. The van der Waals surface area contributed by atoms with Crippen molar-refractivity contribution >= 4 is 22.8 Å². The molecule has 124 valence electrons. The van der Waals surface area contributed by atoms with Crippen molar-refractivity contribution < 1.29 is 0 Å². The molecule has 0 atom stereocenters. The molecule has 3 aromatic heterocycles. The van der Waals surface area contributed by atoms with Crippen molar-refractivity contribution in [1.29, 1.82) is 0 Å². The summed E-state index contributed by atoms with van der Waals surface area (Å²) in [4.78, 5) is 6.50. The van der Waals surface area contributed by atoms with E-state index in [9.17, 15) is 0 Å². The average molecular weight is 347 g/mol. The van der Waals surface area contributed by atoms with Gasteiger partial charge in [0.2, 0.25) is 0 Å². The smallest absolute Gasteiger partial charge is 0.146 e. The van der Waals surface area contributed by atoms with Gasteiger partial charge in [-0.1, -0.05) is 18.2 Å². The highest BCUT2D eigenvalue weighted by atomic mass is 32.1. The minimum Gasteiger partial charge on any atom is -0.382 e. The van der Waals surface area contributed by atoms with Gasteiger partial charge in [-0.2, -0.15) is 5.10 Å². The van der Waals surface area contributed by atoms with Crippen molar-refractivity contribution in [2.45, 2.75) is 6.54 Å². The van der Waals surface area contributed by atoms with Crippen LogP contribution in [0.3, 0.4) is 0 Å². The SMILES string of the molecule is Nc1ncccc1NCc1cccc(-c2ccc(-c3ccn[nH]3)s2)c1. The van der Waals surface area contributed by atoms with Gasteiger partial charge < -0.3 is 11.1 Å². The number of nitrogen functional groups attached to an aromatic ring is 1. The molecule has 4 N–H and O–H groups in total. The Morgan fingerprint density at radius 1 is 1.00 bits per heavy atom. The highest BCUT2D eigenvalue weighted by Gasteiger charge is 2.07. The minimum absolute atomic E-state index is 0.515. The van der Waals surface area contributed by atoms with E-state index in [-0.39, 0.29) is 0 Å². The number of nitrogens with zero attached hydrogens (tertiary/aromatic N) is 2. The van der Waals surface area contributed by atoms with E-state index in [2.05, 4.69) is 56.9 Å². The summed E-state index contributed by atoms with van der Waals surface area (Å²) in [6.45, 7) is 0.697. The molecule has 0 spiro atoms. The standard InChI is InChI=1S/C19H17N5S/c20-19-16(5-2-9-21-19)22-12-13-3-1-4-14(11-13)17-6-7-18(25-17)15-8-10-23-24-15/h1-11,22H,12H2,(H2,20,21)(H,23,24). The van der Waals surface area contributed by atoms with Crippen LogP contribution in [0.1, 0.15) is 5.56 Å². The van der Waals surface area contributed by atoms with Gasteiger partial charge in [-0.25, -0.2) is 4.98 Å². The number of nitrogens with two attached hydrogens (primary N) is 1. The molecule has 6 heteroatoms. The molecule has 0 bridgehead atoms. The van der Waals surface area contributed by atoms with E-state index < -0.39 is 0 Å². The molecule has 1 aromatic carbocycles. The van der Waals surface area contributed by atoms with Crippen molar-refractivity contribution in [3.8, 4) is 21.0 Å². The highest BCUT2D eigenvalue weighted by molar-refractivity contribution is 7.18. The molecule has 25 heavy (non-hydrogen) atoms. The molecule has 0 amide bonds. The Kier molecular flexibility index (Phi) is 4.18. The lowest BCUT2D eigenvalue weighted by molar-refractivity contribution is 1.10. The number of rotatable bonds is 5. The fourth-order valence-corrected chi connectivity index (χ4v) is 3.61. The molecule has 0 fully saturated rings. The molecule has 0 saturated heterocycles. The zero-order valence-electron chi connectivity index (χ0n) is 13.4. The van der Waals surface area contributed by atoms with Crippen molar-refractivity contribution in [3.05, 3.63) is 72.6 Å².